The highest BCUT2D eigenvalue weighted by Gasteiger charge is 2.33. The van der Waals surface area contributed by atoms with Crippen molar-refractivity contribution in [3.63, 3.8) is 0 Å². The quantitative estimate of drug-likeness (QED) is 0.680. The highest BCUT2D eigenvalue weighted by atomic mass is 32.2. The molecule has 1 aliphatic rings. The number of ether oxygens (including phenoxy) is 2. The van der Waals surface area contributed by atoms with Crippen LogP contribution in [0.4, 0.5) is 5.69 Å². The predicted octanol–water partition coefficient (Wildman–Crippen LogP) is 4.90. The molecule has 2 N–H and O–H groups in total. The molecule has 2 aromatic rings. The minimum atomic E-state index is -0.634. The first-order valence-electron chi connectivity index (χ1n) is 8.96. The van der Waals surface area contributed by atoms with Crippen LogP contribution in [0.25, 0.3) is 6.08 Å². The van der Waals surface area contributed by atoms with Crippen molar-refractivity contribution in [2.24, 2.45) is 4.99 Å². The molecule has 0 aromatic heterocycles. The van der Waals surface area contributed by atoms with Crippen molar-refractivity contribution in [2.45, 2.75) is 13.8 Å². The molecule has 150 valence electrons. The highest BCUT2D eigenvalue weighted by molar-refractivity contribution is 8.18. The first-order valence-corrected chi connectivity index (χ1v) is 9.77. The summed E-state index contributed by atoms with van der Waals surface area (Å²) in [7, 11) is 1.49. The van der Waals surface area contributed by atoms with E-state index in [1.807, 2.05) is 31.2 Å². The molecule has 0 saturated heterocycles. The second-order valence-electron chi connectivity index (χ2n) is 6.24. The van der Waals surface area contributed by atoms with E-state index in [1.165, 1.54) is 31.0 Å². The van der Waals surface area contributed by atoms with E-state index in [-0.39, 0.29) is 23.7 Å². The maximum atomic E-state index is 12.5. The fourth-order valence-electron chi connectivity index (χ4n) is 2.77. The molecule has 0 spiro atoms. The zero-order chi connectivity index (χ0) is 21.0. The van der Waals surface area contributed by atoms with Gasteiger partial charge in [0.25, 0.3) is 0 Å². The molecule has 29 heavy (non-hydrogen) atoms. The molecule has 0 saturated carbocycles. The average molecular weight is 411 g/mol. The van der Waals surface area contributed by atoms with Crippen molar-refractivity contribution in [3.8, 4) is 11.5 Å². The molecule has 6 nitrogen and oxygen atoms in total. The number of aliphatic imine (C=N–C) groups is 1. The number of hydrogen-bond donors (Lipinski definition) is 2. The second kappa shape index (κ2) is 8.87. The first kappa shape index (κ1) is 20.5. The van der Waals surface area contributed by atoms with Crippen LogP contribution in [0.5, 0.6) is 11.5 Å². The number of rotatable bonds is 5. The van der Waals surface area contributed by atoms with Crippen LogP contribution in [0.15, 0.2) is 63.7 Å². The molecule has 1 heterocycles. The Morgan fingerprint density at radius 1 is 1.21 bits per heavy atom. The molecule has 0 unspecified atom stereocenters. The topological polar surface area (TPSA) is 88.4 Å². The van der Waals surface area contributed by atoms with Gasteiger partial charge in [-0.15, -0.1) is 0 Å². The maximum absolute atomic E-state index is 12.5. The zero-order valence-electron chi connectivity index (χ0n) is 16.3. The number of aryl methyl sites for hydroxylation is 1. The summed E-state index contributed by atoms with van der Waals surface area (Å²) >= 11 is 1.17. The van der Waals surface area contributed by atoms with Gasteiger partial charge in [0.1, 0.15) is 27.9 Å². The molecule has 3 rings (SSSR count). The summed E-state index contributed by atoms with van der Waals surface area (Å²) in [4.78, 5) is 17.5. The van der Waals surface area contributed by atoms with Gasteiger partial charge in [-0.25, -0.2) is 9.79 Å². The van der Waals surface area contributed by atoms with Crippen LogP contribution < -0.4 is 4.74 Å². The molecular weight excluding hydrogens is 390 g/mol. The number of benzene rings is 2. The van der Waals surface area contributed by atoms with Gasteiger partial charge in [0.05, 0.1) is 24.3 Å². The third kappa shape index (κ3) is 4.63. The monoisotopic (exact) mass is 411 g/mol. The number of esters is 1. The lowest BCUT2D eigenvalue weighted by Crippen LogP contribution is -2.12. The number of aromatic hydroxyl groups is 1. The summed E-state index contributed by atoms with van der Waals surface area (Å²) < 4.78 is 10.4. The number of carbonyl (C=O) groups is 1. The van der Waals surface area contributed by atoms with Gasteiger partial charge in [0.2, 0.25) is 0 Å². The lowest BCUT2D eigenvalue weighted by atomic mass is 10.1. The average Bonchev–Trinajstić information content (AvgIpc) is 2.98. The number of aliphatic hydroxyl groups is 1. The zero-order valence-corrected chi connectivity index (χ0v) is 17.1. The minimum Gasteiger partial charge on any atom is -0.508 e. The van der Waals surface area contributed by atoms with Gasteiger partial charge in [-0.2, -0.15) is 0 Å². The smallest absolute Gasteiger partial charge is 0.344 e. The SMILES string of the molecule is CCOC(=O)C1=C(O)/C(=C\c2ccc(O)cc2OC)SC1=Nc1cccc(C)c1. The van der Waals surface area contributed by atoms with Gasteiger partial charge >= 0.3 is 5.97 Å². The number of carbonyl (C=O) groups excluding carboxylic acids is 1. The van der Waals surface area contributed by atoms with E-state index >= 15 is 0 Å². The van der Waals surface area contributed by atoms with Crippen LogP contribution in [0.3, 0.4) is 0 Å². The molecule has 0 radical (unpaired) electrons. The Bertz CT molecular complexity index is 1040. The Hall–Kier alpha value is -3.19. The maximum Gasteiger partial charge on any atom is 0.344 e. The normalized spacial score (nSPS) is 16.5. The molecule has 0 aliphatic carbocycles. The van der Waals surface area contributed by atoms with Crippen molar-refractivity contribution in [1.82, 2.24) is 0 Å². The van der Waals surface area contributed by atoms with Crippen LogP contribution in [-0.4, -0.2) is 34.9 Å². The number of methoxy groups -OCH3 is 1. The van der Waals surface area contributed by atoms with Gasteiger partial charge in [0.15, 0.2) is 0 Å². The number of phenols is 1. The summed E-state index contributed by atoms with van der Waals surface area (Å²) in [6.07, 6.45) is 1.68. The van der Waals surface area contributed by atoms with Gasteiger partial charge in [0, 0.05) is 11.6 Å². The molecular formula is C22H21NO5S. The van der Waals surface area contributed by atoms with E-state index in [4.69, 9.17) is 9.47 Å². The first-order chi connectivity index (χ1) is 13.9. The summed E-state index contributed by atoms with van der Waals surface area (Å²) in [6.45, 7) is 3.84. The predicted molar refractivity (Wildman–Crippen MR) is 115 cm³/mol. The largest absolute Gasteiger partial charge is 0.508 e. The van der Waals surface area contributed by atoms with E-state index in [0.29, 0.717) is 26.9 Å². The number of aliphatic hydroxyl groups excluding tert-OH is 1. The van der Waals surface area contributed by atoms with Gasteiger partial charge < -0.3 is 19.7 Å². The molecule has 0 atom stereocenters. The van der Waals surface area contributed by atoms with Crippen LogP contribution in [0.1, 0.15) is 18.1 Å². The molecule has 2 aromatic carbocycles. The fourth-order valence-corrected chi connectivity index (χ4v) is 3.79. The summed E-state index contributed by atoms with van der Waals surface area (Å²) in [5.41, 5.74) is 2.37. The molecule has 0 bridgehead atoms. The number of nitrogens with zero attached hydrogens (tertiary/aromatic N) is 1. The standard InChI is InChI=1S/C22H21NO5S/c1-4-28-22(26)19-20(25)18(11-14-8-9-16(24)12-17(14)27-3)29-21(19)23-15-7-5-6-13(2)10-15/h5-12,24-25H,4H2,1-3H3/b18-11+,23-21?. The number of phenolic OH excluding ortho intramolecular Hbond substituents is 1. The van der Waals surface area contributed by atoms with Crippen LogP contribution in [0, 0.1) is 6.92 Å². The molecule has 0 fully saturated rings. The fraction of sp³-hybridized carbons (Fsp3) is 0.182. The third-order valence-corrected chi connectivity index (χ3v) is 5.13. The van der Waals surface area contributed by atoms with Crippen LogP contribution in [0.2, 0.25) is 0 Å². The molecule has 1 aliphatic heterocycles. The number of thioether (sulfide) groups is 1. The van der Waals surface area contributed by atoms with E-state index in [9.17, 15) is 15.0 Å². The van der Waals surface area contributed by atoms with Gasteiger partial charge in [-0.3, -0.25) is 0 Å². The van der Waals surface area contributed by atoms with E-state index in [0.717, 1.165) is 5.56 Å². The van der Waals surface area contributed by atoms with Crippen molar-refractivity contribution in [3.05, 3.63) is 69.8 Å². The molecule has 0 amide bonds. The van der Waals surface area contributed by atoms with Gasteiger partial charge in [-0.05, 0) is 49.8 Å². The second-order valence-corrected chi connectivity index (χ2v) is 7.27. The van der Waals surface area contributed by atoms with Crippen LogP contribution in [-0.2, 0) is 9.53 Å². The van der Waals surface area contributed by atoms with Crippen molar-refractivity contribution >= 4 is 34.5 Å². The Balaban J connectivity index is 2.08. The van der Waals surface area contributed by atoms with E-state index in [1.54, 1.807) is 19.1 Å². The van der Waals surface area contributed by atoms with Gasteiger partial charge in [-0.1, -0.05) is 23.9 Å². The Labute approximate surface area is 173 Å². The van der Waals surface area contributed by atoms with E-state index < -0.39 is 5.97 Å². The Morgan fingerprint density at radius 2 is 2.00 bits per heavy atom. The van der Waals surface area contributed by atoms with Crippen molar-refractivity contribution in [2.75, 3.05) is 13.7 Å². The highest BCUT2D eigenvalue weighted by Crippen LogP contribution is 2.41. The summed E-state index contributed by atoms with van der Waals surface area (Å²) in [6, 6.07) is 12.2. The minimum absolute atomic E-state index is 0.0300. The van der Waals surface area contributed by atoms with Crippen LogP contribution >= 0.6 is 11.8 Å². The molecule has 7 heteroatoms. The summed E-state index contributed by atoms with van der Waals surface area (Å²) in [5.74, 6) is -0.329. The van der Waals surface area contributed by atoms with E-state index in [2.05, 4.69) is 4.99 Å². The van der Waals surface area contributed by atoms with Crippen molar-refractivity contribution < 1.29 is 24.5 Å². The lowest BCUT2D eigenvalue weighted by molar-refractivity contribution is -0.138. The summed E-state index contributed by atoms with van der Waals surface area (Å²) in [5, 5.41) is 20.7. The Kier molecular flexibility index (Phi) is 6.29. The third-order valence-electron chi connectivity index (χ3n) is 4.11. The number of hydrogen-bond acceptors (Lipinski definition) is 7. The van der Waals surface area contributed by atoms with Crippen molar-refractivity contribution in [1.29, 1.82) is 0 Å². The lowest BCUT2D eigenvalue weighted by Gasteiger charge is -2.06. The Morgan fingerprint density at radius 3 is 2.69 bits per heavy atom.